The van der Waals surface area contributed by atoms with Crippen LogP contribution >= 0.6 is 15.9 Å². The molecule has 2 aromatic rings. The van der Waals surface area contributed by atoms with Crippen molar-refractivity contribution in [3.05, 3.63) is 52.4 Å². The van der Waals surface area contributed by atoms with E-state index < -0.39 is 0 Å². The number of nitrogens with one attached hydrogen (secondary N) is 1. The normalized spacial score (nSPS) is 11.6. The van der Waals surface area contributed by atoms with E-state index in [2.05, 4.69) is 42.0 Å². The summed E-state index contributed by atoms with van der Waals surface area (Å²) in [6.45, 7) is 7.54. The maximum Gasteiger partial charge on any atom is 0.146 e. The first-order valence-corrected chi connectivity index (χ1v) is 7.43. The van der Waals surface area contributed by atoms with Gasteiger partial charge in [0.15, 0.2) is 0 Å². The molecule has 0 amide bonds. The van der Waals surface area contributed by atoms with Crippen molar-refractivity contribution in [3.8, 4) is 5.75 Å². The van der Waals surface area contributed by atoms with Crippen LogP contribution < -0.4 is 10.1 Å². The maximum atomic E-state index is 5.74. The van der Waals surface area contributed by atoms with Crippen LogP contribution in [0.15, 0.2) is 45.3 Å². The lowest BCUT2D eigenvalue weighted by Crippen LogP contribution is -2.34. The van der Waals surface area contributed by atoms with Crippen LogP contribution in [0.3, 0.4) is 0 Å². The van der Waals surface area contributed by atoms with Gasteiger partial charge in [0.25, 0.3) is 0 Å². The molecule has 2 rings (SSSR count). The molecule has 20 heavy (non-hydrogen) atoms. The highest BCUT2D eigenvalue weighted by molar-refractivity contribution is 9.10. The van der Waals surface area contributed by atoms with Gasteiger partial charge < -0.3 is 14.5 Å². The van der Waals surface area contributed by atoms with E-state index in [0.29, 0.717) is 6.61 Å². The number of ether oxygens (including phenoxy) is 1. The molecular weight excluding hydrogens is 318 g/mol. The Morgan fingerprint density at radius 1 is 1.10 bits per heavy atom. The average Bonchev–Trinajstić information content (AvgIpc) is 2.83. The van der Waals surface area contributed by atoms with Gasteiger partial charge in [0.2, 0.25) is 0 Å². The Kier molecular flexibility index (Phi) is 4.89. The number of hydrogen-bond acceptors (Lipinski definition) is 3. The van der Waals surface area contributed by atoms with Crippen LogP contribution in [0.1, 0.15) is 32.3 Å². The number of rotatable bonds is 5. The fourth-order valence-corrected chi connectivity index (χ4v) is 2.06. The summed E-state index contributed by atoms with van der Waals surface area (Å²) < 4.78 is 12.4. The van der Waals surface area contributed by atoms with Gasteiger partial charge >= 0.3 is 0 Å². The summed E-state index contributed by atoms with van der Waals surface area (Å²) in [7, 11) is 0. The van der Waals surface area contributed by atoms with Gasteiger partial charge in [-0.3, -0.25) is 0 Å². The molecule has 0 aliphatic rings. The number of furan rings is 1. The van der Waals surface area contributed by atoms with Crippen molar-refractivity contribution >= 4 is 15.9 Å². The van der Waals surface area contributed by atoms with Gasteiger partial charge in [-0.05, 0) is 61.0 Å². The molecule has 0 aliphatic carbocycles. The zero-order valence-electron chi connectivity index (χ0n) is 12.1. The Hall–Kier alpha value is -1.26. The van der Waals surface area contributed by atoms with Crippen molar-refractivity contribution in [2.75, 3.05) is 0 Å². The van der Waals surface area contributed by atoms with Gasteiger partial charge in [0.1, 0.15) is 23.9 Å². The van der Waals surface area contributed by atoms with Crippen LogP contribution in [0.25, 0.3) is 0 Å². The summed E-state index contributed by atoms with van der Waals surface area (Å²) in [4.78, 5) is 0. The van der Waals surface area contributed by atoms with Gasteiger partial charge in [-0.2, -0.15) is 0 Å². The largest absolute Gasteiger partial charge is 0.484 e. The second-order valence-corrected chi connectivity index (χ2v) is 6.55. The molecular formula is C16H20BrNO2. The number of benzene rings is 1. The summed E-state index contributed by atoms with van der Waals surface area (Å²) in [5.74, 6) is 2.57. The molecule has 0 atom stereocenters. The highest BCUT2D eigenvalue weighted by atomic mass is 79.9. The highest BCUT2D eigenvalue weighted by Crippen LogP contribution is 2.25. The highest BCUT2D eigenvalue weighted by Gasteiger charge is 2.10. The zero-order chi connectivity index (χ0) is 14.6. The molecule has 1 heterocycles. The topological polar surface area (TPSA) is 34.4 Å². The first kappa shape index (κ1) is 15.1. The van der Waals surface area contributed by atoms with Crippen molar-refractivity contribution in [2.24, 2.45) is 0 Å². The monoisotopic (exact) mass is 337 g/mol. The first-order valence-electron chi connectivity index (χ1n) is 6.64. The molecule has 0 unspecified atom stereocenters. The van der Waals surface area contributed by atoms with Crippen molar-refractivity contribution in [1.29, 1.82) is 0 Å². The molecule has 1 aromatic heterocycles. The Bertz CT molecular complexity index is 558. The van der Waals surface area contributed by atoms with E-state index in [9.17, 15) is 0 Å². The molecule has 1 N–H and O–H groups in total. The Morgan fingerprint density at radius 2 is 1.80 bits per heavy atom. The molecule has 0 aliphatic heterocycles. The number of halogens is 1. The minimum Gasteiger partial charge on any atom is -0.484 e. The molecule has 3 nitrogen and oxygen atoms in total. The molecule has 108 valence electrons. The van der Waals surface area contributed by atoms with Crippen molar-refractivity contribution in [2.45, 2.75) is 39.5 Å². The van der Waals surface area contributed by atoms with Crippen LogP contribution in [-0.4, -0.2) is 5.54 Å². The SMILES string of the molecule is CC(C)(C)NCc1ccc(COc2ccccc2Br)o1. The molecule has 0 saturated heterocycles. The molecule has 0 spiro atoms. The van der Waals surface area contributed by atoms with E-state index in [1.54, 1.807) is 0 Å². The van der Waals surface area contributed by atoms with Gasteiger partial charge in [0.05, 0.1) is 11.0 Å². The summed E-state index contributed by atoms with van der Waals surface area (Å²) in [6.07, 6.45) is 0. The minimum absolute atomic E-state index is 0.0817. The second-order valence-electron chi connectivity index (χ2n) is 5.69. The smallest absolute Gasteiger partial charge is 0.146 e. The van der Waals surface area contributed by atoms with E-state index in [-0.39, 0.29) is 5.54 Å². The minimum atomic E-state index is 0.0817. The molecule has 0 bridgehead atoms. The Morgan fingerprint density at radius 3 is 2.50 bits per heavy atom. The zero-order valence-corrected chi connectivity index (χ0v) is 13.7. The van der Waals surface area contributed by atoms with Crippen LogP contribution in [0.5, 0.6) is 5.75 Å². The van der Waals surface area contributed by atoms with E-state index in [1.165, 1.54) is 0 Å². The van der Waals surface area contributed by atoms with Gasteiger partial charge in [-0.25, -0.2) is 0 Å². The Balaban J connectivity index is 1.89. The van der Waals surface area contributed by atoms with Crippen LogP contribution in [0, 0.1) is 0 Å². The van der Waals surface area contributed by atoms with E-state index in [0.717, 1.165) is 28.3 Å². The van der Waals surface area contributed by atoms with Gasteiger partial charge in [0, 0.05) is 5.54 Å². The van der Waals surface area contributed by atoms with Crippen LogP contribution in [0.2, 0.25) is 0 Å². The lowest BCUT2D eigenvalue weighted by atomic mass is 10.1. The fourth-order valence-electron chi connectivity index (χ4n) is 1.66. The number of para-hydroxylation sites is 1. The fraction of sp³-hybridized carbons (Fsp3) is 0.375. The maximum absolute atomic E-state index is 5.74. The van der Waals surface area contributed by atoms with E-state index in [4.69, 9.17) is 9.15 Å². The first-order chi connectivity index (χ1) is 9.44. The van der Waals surface area contributed by atoms with Crippen LogP contribution in [-0.2, 0) is 13.2 Å². The standard InChI is InChI=1S/C16H20BrNO2/c1-16(2,3)18-10-12-8-9-13(20-12)11-19-15-7-5-4-6-14(15)17/h4-9,18H,10-11H2,1-3H3. The van der Waals surface area contributed by atoms with E-state index in [1.807, 2.05) is 36.4 Å². The lowest BCUT2D eigenvalue weighted by molar-refractivity contribution is 0.261. The van der Waals surface area contributed by atoms with Crippen molar-refractivity contribution in [3.63, 3.8) is 0 Å². The third-order valence-electron chi connectivity index (χ3n) is 2.72. The van der Waals surface area contributed by atoms with Crippen molar-refractivity contribution < 1.29 is 9.15 Å². The third-order valence-corrected chi connectivity index (χ3v) is 3.37. The summed E-state index contributed by atoms with van der Waals surface area (Å²) >= 11 is 3.46. The molecule has 0 fully saturated rings. The predicted molar refractivity (Wildman–Crippen MR) is 83.8 cm³/mol. The summed E-state index contributed by atoms with van der Waals surface area (Å²) in [5, 5.41) is 3.39. The predicted octanol–water partition coefficient (Wildman–Crippen LogP) is 4.51. The Labute approximate surface area is 128 Å². The van der Waals surface area contributed by atoms with Gasteiger partial charge in [-0.1, -0.05) is 12.1 Å². The molecule has 0 saturated carbocycles. The average molecular weight is 338 g/mol. The molecule has 0 radical (unpaired) electrons. The second kappa shape index (κ2) is 6.46. The van der Waals surface area contributed by atoms with Crippen LogP contribution in [0.4, 0.5) is 0 Å². The molecule has 1 aromatic carbocycles. The summed E-state index contributed by atoms with van der Waals surface area (Å²) in [5.41, 5.74) is 0.0817. The summed E-state index contributed by atoms with van der Waals surface area (Å²) in [6, 6.07) is 11.7. The lowest BCUT2D eigenvalue weighted by Gasteiger charge is -2.19. The quantitative estimate of drug-likeness (QED) is 0.871. The third kappa shape index (κ3) is 4.69. The van der Waals surface area contributed by atoms with Gasteiger partial charge in [-0.15, -0.1) is 0 Å². The number of hydrogen-bond donors (Lipinski definition) is 1. The van der Waals surface area contributed by atoms with Crippen molar-refractivity contribution in [1.82, 2.24) is 5.32 Å². The van der Waals surface area contributed by atoms with E-state index >= 15 is 0 Å². The molecule has 4 heteroatoms.